The number of aliphatic hydroxyl groups is 1. The highest BCUT2D eigenvalue weighted by Crippen LogP contribution is 2.23. The van der Waals surface area contributed by atoms with E-state index in [0.717, 1.165) is 43.4 Å². The van der Waals surface area contributed by atoms with Gasteiger partial charge < -0.3 is 5.11 Å². The highest BCUT2D eigenvalue weighted by atomic mass is 35.5. The van der Waals surface area contributed by atoms with E-state index >= 15 is 0 Å². The SMILES string of the molecule is CC(O)CCC1CCN(Cc2cccc(Cl)c2)C1. The third-order valence-electron chi connectivity index (χ3n) is 3.66. The first-order valence-corrected chi connectivity index (χ1v) is 7.16. The molecular weight excluding hydrogens is 246 g/mol. The summed E-state index contributed by atoms with van der Waals surface area (Å²) < 4.78 is 0. The van der Waals surface area contributed by atoms with Crippen molar-refractivity contribution in [2.45, 2.75) is 38.8 Å². The minimum absolute atomic E-state index is 0.160. The molecule has 0 amide bonds. The van der Waals surface area contributed by atoms with E-state index in [1.807, 2.05) is 25.1 Å². The average Bonchev–Trinajstić information content (AvgIpc) is 2.74. The van der Waals surface area contributed by atoms with Crippen LogP contribution >= 0.6 is 11.6 Å². The second-order valence-electron chi connectivity index (χ2n) is 5.45. The average molecular weight is 268 g/mol. The predicted octanol–water partition coefficient (Wildman–Crippen LogP) is 3.32. The highest BCUT2D eigenvalue weighted by molar-refractivity contribution is 6.30. The number of nitrogens with zero attached hydrogens (tertiary/aromatic N) is 1. The largest absolute Gasteiger partial charge is 0.393 e. The number of rotatable bonds is 5. The molecule has 18 heavy (non-hydrogen) atoms. The Hall–Kier alpha value is -0.570. The maximum atomic E-state index is 9.32. The number of hydrogen-bond acceptors (Lipinski definition) is 2. The maximum Gasteiger partial charge on any atom is 0.0512 e. The van der Waals surface area contributed by atoms with Gasteiger partial charge in [-0.25, -0.2) is 0 Å². The predicted molar refractivity (Wildman–Crippen MR) is 75.8 cm³/mol. The highest BCUT2D eigenvalue weighted by Gasteiger charge is 2.22. The van der Waals surface area contributed by atoms with E-state index < -0.39 is 0 Å². The summed E-state index contributed by atoms with van der Waals surface area (Å²) in [6.45, 7) is 5.18. The first-order chi connectivity index (χ1) is 8.63. The molecule has 2 nitrogen and oxygen atoms in total. The van der Waals surface area contributed by atoms with Gasteiger partial charge >= 0.3 is 0 Å². The zero-order valence-electron chi connectivity index (χ0n) is 11.0. The van der Waals surface area contributed by atoms with Crippen molar-refractivity contribution in [3.05, 3.63) is 34.9 Å². The number of halogens is 1. The fourth-order valence-electron chi connectivity index (χ4n) is 2.66. The minimum Gasteiger partial charge on any atom is -0.393 e. The Kier molecular flexibility index (Phi) is 5.04. The summed E-state index contributed by atoms with van der Waals surface area (Å²) in [5.74, 6) is 0.749. The summed E-state index contributed by atoms with van der Waals surface area (Å²) in [4.78, 5) is 2.48. The molecule has 100 valence electrons. The Balaban J connectivity index is 1.79. The van der Waals surface area contributed by atoms with E-state index in [0.29, 0.717) is 0 Å². The van der Waals surface area contributed by atoms with Crippen molar-refractivity contribution in [1.29, 1.82) is 0 Å². The van der Waals surface area contributed by atoms with Crippen molar-refractivity contribution in [1.82, 2.24) is 4.90 Å². The molecule has 0 bridgehead atoms. The van der Waals surface area contributed by atoms with Gasteiger partial charge in [-0.3, -0.25) is 4.90 Å². The third-order valence-corrected chi connectivity index (χ3v) is 3.89. The Morgan fingerprint density at radius 2 is 2.33 bits per heavy atom. The maximum absolute atomic E-state index is 9.32. The van der Waals surface area contributed by atoms with Crippen molar-refractivity contribution in [2.24, 2.45) is 5.92 Å². The van der Waals surface area contributed by atoms with Crippen LogP contribution in [0.15, 0.2) is 24.3 Å². The quantitative estimate of drug-likeness (QED) is 0.885. The molecule has 2 rings (SSSR count). The number of hydrogen-bond donors (Lipinski definition) is 1. The van der Waals surface area contributed by atoms with Gasteiger partial charge in [-0.1, -0.05) is 23.7 Å². The van der Waals surface area contributed by atoms with Crippen LogP contribution in [0, 0.1) is 5.92 Å². The lowest BCUT2D eigenvalue weighted by Gasteiger charge is -2.16. The standard InChI is InChI=1S/C15H22ClNO/c1-12(18)5-6-13-7-8-17(10-13)11-14-3-2-4-15(16)9-14/h2-4,9,12-13,18H,5-8,10-11H2,1H3. The molecule has 0 aliphatic carbocycles. The second-order valence-corrected chi connectivity index (χ2v) is 5.88. The zero-order valence-corrected chi connectivity index (χ0v) is 11.7. The van der Waals surface area contributed by atoms with Crippen LogP contribution < -0.4 is 0 Å². The molecule has 3 heteroatoms. The van der Waals surface area contributed by atoms with Gasteiger partial charge in [-0.15, -0.1) is 0 Å². The van der Waals surface area contributed by atoms with Crippen LogP contribution in [-0.2, 0) is 6.54 Å². The lowest BCUT2D eigenvalue weighted by Crippen LogP contribution is -2.20. The van der Waals surface area contributed by atoms with Crippen molar-refractivity contribution in [3.63, 3.8) is 0 Å². The fraction of sp³-hybridized carbons (Fsp3) is 0.600. The molecule has 1 heterocycles. The molecule has 0 saturated carbocycles. The van der Waals surface area contributed by atoms with Crippen molar-refractivity contribution >= 4 is 11.6 Å². The van der Waals surface area contributed by atoms with Crippen LogP contribution in [0.2, 0.25) is 5.02 Å². The normalized spacial score (nSPS) is 22.3. The summed E-state index contributed by atoms with van der Waals surface area (Å²) in [5, 5.41) is 10.1. The second kappa shape index (κ2) is 6.55. The summed E-state index contributed by atoms with van der Waals surface area (Å²) >= 11 is 6.00. The third kappa shape index (κ3) is 4.27. The summed E-state index contributed by atoms with van der Waals surface area (Å²) in [5.41, 5.74) is 1.29. The molecule has 0 aromatic heterocycles. The Bertz CT molecular complexity index is 381. The molecule has 0 spiro atoms. The Labute approximate surface area is 115 Å². The summed E-state index contributed by atoms with van der Waals surface area (Å²) in [7, 11) is 0. The van der Waals surface area contributed by atoms with E-state index in [1.54, 1.807) is 0 Å². The monoisotopic (exact) mass is 267 g/mol. The van der Waals surface area contributed by atoms with Crippen molar-refractivity contribution in [2.75, 3.05) is 13.1 Å². The van der Waals surface area contributed by atoms with Gasteiger partial charge in [0.1, 0.15) is 0 Å². The molecular formula is C15H22ClNO. The van der Waals surface area contributed by atoms with Gasteiger partial charge in [0.25, 0.3) is 0 Å². The van der Waals surface area contributed by atoms with Crippen LogP contribution in [0.5, 0.6) is 0 Å². The first-order valence-electron chi connectivity index (χ1n) is 6.78. The van der Waals surface area contributed by atoms with E-state index in [1.165, 1.54) is 12.0 Å². The molecule has 1 aliphatic rings. The number of aliphatic hydroxyl groups excluding tert-OH is 1. The van der Waals surface area contributed by atoms with Gasteiger partial charge in [0.15, 0.2) is 0 Å². The smallest absolute Gasteiger partial charge is 0.0512 e. The molecule has 1 aliphatic heterocycles. The molecule has 1 aromatic carbocycles. The van der Waals surface area contributed by atoms with Gasteiger partial charge in [-0.05, 0) is 56.3 Å². The molecule has 2 unspecified atom stereocenters. The van der Waals surface area contributed by atoms with Gasteiger partial charge in [0.05, 0.1) is 6.10 Å². The van der Waals surface area contributed by atoms with Gasteiger partial charge in [-0.2, -0.15) is 0 Å². The molecule has 2 atom stereocenters. The van der Waals surface area contributed by atoms with Gasteiger partial charge in [0, 0.05) is 18.1 Å². The minimum atomic E-state index is -0.160. The van der Waals surface area contributed by atoms with Crippen LogP contribution in [0.1, 0.15) is 31.7 Å². The fourth-order valence-corrected chi connectivity index (χ4v) is 2.88. The molecule has 1 N–H and O–H groups in total. The van der Waals surface area contributed by atoms with E-state index in [2.05, 4.69) is 11.0 Å². The first kappa shape index (κ1) is 13.9. The Morgan fingerprint density at radius 3 is 3.06 bits per heavy atom. The molecule has 0 radical (unpaired) electrons. The van der Waals surface area contributed by atoms with Crippen LogP contribution in [0.25, 0.3) is 0 Å². The van der Waals surface area contributed by atoms with E-state index in [-0.39, 0.29) is 6.10 Å². The van der Waals surface area contributed by atoms with Crippen LogP contribution in [0.3, 0.4) is 0 Å². The summed E-state index contributed by atoms with van der Waals surface area (Å²) in [6.07, 6.45) is 3.17. The van der Waals surface area contributed by atoms with Crippen LogP contribution in [-0.4, -0.2) is 29.2 Å². The summed E-state index contributed by atoms with van der Waals surface area (Å²) in [6, 6.07) is 8.11. The lowest BCUT2D eigenvalue weighted by atomic mass is 10.0. The zero-order chi connectivity index (χ0) is 13.0. The topological polar surface area (TPSA) is 23.5 Å². The van der Waals surface area contributed by atoms with E-state index in [4.69, 9.17) is 11.6 Å². The van der Waals surface area contributed by atoms with E-state index in [9.17, 15) is 5.11 Å². The molecule has 1 fully saturated rings. The molecule has 1 aromatic rings. The Morgan fingerprint density at radius 1 is 1.50 bits per heavy atom. The molecule has 1 saturated heterocycles. The van der Waals surface area contributed by atoms with Gasteiger partial charge in [0.2, 0.25) is 0 Å². The number of likely N-dealkylation sites (tertiary alicyclic amines) is 1. The number of benzene rings is 1. The van der Waals surface area contributed by atoms with Crippen molar-refractivity contribution < 1.29 is 5.11 Å². The van der Waals surface area contributed by atoms with Crippen molar-refractivity contribution in [3.8, 4) is 0 Å². The van der Waals surface area contributed by atoms with Crippen LogP contribution in [0.4, 0.5) is 0 Å². The lowest BCUT2D eigenvalue weighted by molar-refractivity contribution is 0.173.